The summed E-state index contributed by atoms with van der Waals surface area (Å²) >= 11 is 0. The van der Waals surface area contributed by atoms with Gasteiger partial charge in [-0.25, -0.2) is 14.2 Å². The van der Waals surface area contributed by atoms with E-state index >= 15 is 0 Å². The standard InChI is InChI=1S/C22H23FN8O2/c1-13-9-15(23)17(27-20(32)29-19-6-8-31(30-19)22(2,3)4)10-18(13)33-21-24-7-5-16(28-21)14-11-25-26-12-14/h5-12H,1-4H3,(H,25,26)(H2,27,29,30,32). The molecule has 1 aromatic carbocycles. The van der Waals surface area contributed by atoms with E-state index in [4.69, 9.17) is 4.74 Å². The third kappa shape index (κ3) is 5.14. The summed E-state index contributed by atoms with van der Waals surface area (Å²) in [5.74, 6) is 0.0345. The number of carbonyl (C=O) groups excluding carboxylic acids is 1. The van der Waals surface area contributed by atoms with Crippen LogP contribution in [0.25, 0.3) is 11.3 Å². The lowest BCUT2D eigenvalue weighted by Crippen LogP contribution is -2.24. The number of anilines is 2. The lowest BCUT2D eigenvalue weighted by molar-refractivity contribution is 0.262. The molecule has 10 nitrogen and oxygen atoms in total. The molecule has 0 atom stereocenters. The minimum absolute atomic E-state index is 0.0608. The van der Waals surface area contributed by atoms with Crippen molar-refractivity contribution in [1.29, 1.82) is 0 Å². The van der Waals surface area contributed by atoms with Crippen molar-refractivity contribution in [2.24, 2.45) is 0 Å². The monoisotopic (exact) mass is 450 g/mol. The van der Waals surface area contributed by atoms with Crippen LogP contribution in [0.1, 0.15) is 26.3 Å². The van der Waals surface area contributed by atoms with Gasteiger partial charge in [0.05, 0.1) is 23.1 Å². The first-order valence-electron chi connectivity index (χ1n) is 10.1. The zero-order valence-electron chi connectivity index (χ0n) is 18.5. The van der Waals surface area contributed by atoms with Crippen molar-refractivity contribution < 1.29 is 13.9 Å². The Labute approximate surface area is 189 Å². The number of ether oxygens (including phenoxy) is 1. The summed E-state index contributed by atoms with van der Waals surface area (Å²) in [4.78, 5) is 20.9. The fraction of sp³-hybridized carbons (Fsp3) is 0.227. The highest BCUT2D eigenvalue weighted by atomic mass is 19.1. The minimum atomic E-state index is -0.638. The van der Waals surface area contributed by atoms with Gasteiger partial charge in [-0.1, -0.05) is 0 Å². The maximum absolute atomic E-state index is 14.5. The summed E-state index contributed by atoms with van der Waals surface area (Å²) in [5, 5.41) is 16.0. The molecule has 4 rings (SSSR count). The lowest BCUT2D eigenvalue weighted by atomic mass is 10.1. The van der Waals surface area contributed by atoms with Gasteiger partial charge in [0.15, 0.2) is 5.82 Å². The van der Waals surface area contributed by atoms with E-state index in [9.17, 15) is 9.18 Å². The van der Waals surface area contributed by atoms with E-state index in [1.54, 1.807) is 48.5 Å². The van der Waals surface area contributed by atoms with Gasteiger partial charge in [-0.15, -0.1) is 0 Å². The summed E-state index contributed by atoms with van der Waals surface area (Å²) in [6.07, 6.45) is 6.62. The molecule has 0 aliphatic rings. The SMILES string of the molecule is Cc1cc(F)c(NC(=O)Nc2ccn(C(C)(C)C)n2)cc1Oc1nccc(-c2cn[nH]c2)n1. The normalized spacial score (nSPS) is 11.3. The molecule has 33 heavy (non-hydrogen) atoms. The topological polar surface area (TPSA) is 123 Å². The number of amides is 2. The molecular weight excluding hydrogens is 427 g/mol. The summed E-state index contributed by atoms with van der Waals surface area (Å²) < 4.78 is 22.0. The Balaban J connectivity index is 1.50. The van der Waals surface area contributed by atoms with Crippen LogP contribution >= 0.6 is 0 Å². The van der Waals surface area contributed by atoms with Crippen molar-refractivity contribution in [3.8, 4) is 23.0 Å². The largest absolute Gasteiger partial charge is 0.424 e. The van der Waals surface area contributed by atoms with Crippen molar-refractivity contribution in [1.82, 2.24) is 29.9 Å². The Morgan fingerprint density at radius 1 is 1.21 bits per heavy atom. The van der Waals surface area contributed by atoms with Gasteiger partial charge >= 0.3 is 12.0 Å². The molecule has 11 heteroatoms. The van der Waals surface area contributed by atoms with Crippen LogP contribution in [0.4, 0.5) is 20.7 Å². The van der Waals surface area contributed by atoms with Crippen LogP contribution in [0, 0.1) is 12.7 Å². The second kappa shape index (κ2) is 8.69. The molecule has 0 saturated carbocycles. The predicted molar refractivity (Wildman–Crippen MR) is 121 cm³/mol. The molecule has 0 bridgehead atoms. The summed E-state index contributed by atoms with van der Waals surface area (Å²) in [7, 11) is 0. The number of nitrogens with one attached hydrogen (secondary N) is 3. The fourth-order valence-electron chi connectivity index (χ4n) is 2.93. The molecular formula is C22H23FN8O2. The van der Waals surface area contributed by atoms with E-state index in [1.807, 2.05) is 20.8 Å². The number of rotatable bonds is 5. The number of carbonyl (C=O) groups is 1. The lowest BCUT2D eigenvalue weighted by Gasteiger charge is -2.18. The van der Waals surface area contributed by atoms with E-state index in [-0.39, 0.29) is 17.2 Å². The van der Waals surface area contributed by atoms with Gasteiger partial charge in [0, 0.05) is 36.3 Å². The van der Waals surface area contributed by atoms with Crippen molar-refractivity contribution in [2.75, 3.05) is 10.6 Å². The van der Waals surface area contributed by atoms with Crippen molar-refractivity contribution in [3.05, 3.63) is 60.4 Å². The number of hydrogen-bond donors (Lipinski definition) is 3. The molecule has 3 N–H and O–H groups in total. The molecule has 0 unspecified atom stereocenters. The first-order chi connectivity index (χ1) is 15.7. The highest BCUT2D eigenvalue weighted by Crippen LogP contribution is 2.29. The Bertz CT molecular complexity index is 1280. The quantitative estimate of drug-likeness (QED) is 0.405. The number of H-pyrrole nitrogens is 1. The molecule has 0 spiro atoms. The number of halogens is 1. The average molecular weight is 450 g/mol. The summed E-state index contributed by atoms with van der Waals surface area (Å²) in [6.45, 7) is 7.65. The maximum Gasteiger partial charge on any atom is 0.324 e. The third-order valence-electron chi connectivity index (χ3n) is 4.66. The second-order valence-corrected chi connectivity index (χ2v) is 8.31. The summed E-state index contributed by atoms with van der Waals surface area (Å²) in [6, 6.07) is 5.46. The molecule has 3 heterocycles. The van der Waals surface area contributed by atoms with Gasteiger partial charge in [0.1, 0.15) is 11.6 Å². The van der Waals surface area contributed by atoms with Crippen LogP contribution in [0.3, 0.4) is 0 Å². The molecule has 2 amide bonds. The Hall–Kier alpha value is -4.28. The molecule has 0 fully saturated rings. The van der Waals surface area contributed by atoms with Crippen molar-refractivity contribution >= 4 is 17.5 Å². The minimum Gasteiger partial charge on any atom is -0.424 e. The van der Waals surface area contributed by atoms with Crippen LogP contribution in [-0.2, 0) is 5.54 Å². The highest BCUT2D eigenvalue weighted by molar-refractivity contribution is 5.99. The Morgan fingerprint density at radius 3 is 2.73 bits per heavy atom. The van der Waals surface area contributed by atoms with Crippen LogP contribution in [0.15, 0.2) is 49.1 Å². The molecule has 4 aromatic rings. The molecule has 3 aromatic heterocycles. The van der Waals surface area contributed by atoms with Crippen molar-refractivity contribution in [3.63, 3.8) is 0 Å². The van der Waals surface area contributed by atoms with Gasteiger partial charge in [-0.2, -0.15) is 15.2 Å². The highest BCUT2D eigenvalue weighted by Gasteiger charge is 2.17. The maximum atomic E-state index is 14.5. The number of benzene rings is 1. The number of aromatic amines is 1. The van der Waals surface area contributed by atoms with E-state index in [0.717, 1.165) is 5.56 Å². The fourth-order valence-corrected chi connectivity index (χ4v) is 2.93. The number of aromatic nitrogens is 6. The number of aryl methyl sites for hydroxylation is 1. The van der Waals surface area contributed by atoms with E-state index < -0.39 is 11.8 Å². The van der Waals surface area contributed by atoms with Crippen LogP contribution < -0.4 is 15.4 Å². The first kappa shape index (κ1) is 21.9. The number of hydrogen-bond acceptors (Lipinski definition) is 6. The van der Waals surface area contributed by atoms with Gasteiger partial charge < -0.3 is 10.1 Å². The zero-order chi connectivity index (χ0) is 23.6. The number of nitrogens with zero attached hydrogens (tertiary/aromatic N) is 5. The first-order valence-corrected chi connectivity index (χ1v) is 10.1. The molecule has 0 aliphatic carbocycles. The van der Waals surface area contributed by atoms with E-state index in [2.05, 4.69) is 35.9 Å². The predicted octanol–water partition coefficient (Wildman–Crippen LogP) is 4.70. The van der Waals surface area contributed by atoms with E-state index in [0.29, 0.717) is 22.8 Å². The van der Waals surface area contributed by atoms with Crippen molar-refractivity contribution in [2.45, 2.75) is 33.2 Å². The van der Waals surface area contributed by atoms with Gasteiger partial charge in [-0.3, -0.25) is 15.1 Å². The summed E-state index contributed by atoms with van der Waals surface area (Å²) in [5.41, 5.74) is 1.60. The molecule has 0 radical (unpaired) electrons. The van der Waals surface area contributed by atoms with E-state index in [1.165, 1.54) is 12.1 Å². The number of urea groups is 1. The van der Waals surface area contributed by atoms with Crippen LogP contribution in [0.2, 0.25) is 0 Å². The van der Waals surface area contributed by atoms with Crippen LogP contribution in [0.5, 0.6) is 11.8 Å². The van der Waals surface area contributed by atoms with Crippen LogP contribution in [-0.4, -0.2) is 36.0 Å². The van der Waals surface area contributed by atoms with Gasteiger partial charge in [-0.05, 0) is 45.4 Å². The molecule has 0 aliphatic heterocycles. The van der Waals surface area contributed by atoms with Gasteiger partial charge in [0.2, 0.25) is 0 Å². The zero-order valence-corrected chi connectivity index (χ0v) is 18.5. The Kier molecular flexibility index (Phi) is 5.78. The average Bonchev–Trinajstić information content (AvgIpc) is 3.44. The Morgan fingerprint density at radius 2 is 2.03 bits per heavy atom. The second-order valence-electron chi connectivity index (χ2n) is 8.31. The molecule has 170 valence electrons. The smallest absolute Gasteiger partial charge is 0.324 e. The molecule has 0 saturated heterocycles. The van der Waals surface area contributed by atoms with Gasteiger partial charge in [0.25, 0.3) is 0 Å². The third-order valence-corrected chi connectivity index (χ3v) is 4.66.